The van der Waals surface area contributed by atoms with Crippen LogP contribution in [0.15, 0.2) is 54.7 Å². The van der Waals surface area contributed by atoms with E-state index in [1.165, 1.54) is 0 Å². The number of pyridine rings is 2. The zero-order chi connectivity index (χ0) is 25.3. The van der Waals surface area contributed by atoms with Crippen LogP contribution in [0.5, 0.6) is 5.75 Å². The molecular weight excluding hydrogens is 458 g/mol. The molecule has 2 atom stereocenters. The molecule has 3 aromatic heterocycles. The van der Waals surface area contributed by atoms with Crippen LogP contribution in [-0.2, 0) is 9.47 Å². The van der Waals surface area contributed by atoms with Gasteiger partial charge in [0.1, 0.15) is 28.7 Å². The first-order chi connectivity index (χ1) is 17.3. The highest BCUT2D eigenvalue weighted by molar-refractivity contribution is 5.86. The van der Waals surface area contributed by atoms with E-state index < -0.39 is 5.60 Å². The molecule has 2 unspecified atom stereocenters. The first-order valence-corrected chi connectivity index (χ1v) is 12.2. The molecular formula is C27H31N5O4. The molecule has 5 rings (SSSR count). The molecule has 9 nitrogen and oxygen atoms in total. The third kappa shape index (κ3) is 4.97. The zero-order valence-corrected chi connectivity index (χ0v) is 21.0. The van der Waals surface area contributed by atoms with E-state index in [1.54, 1.807) is 12.0 Å². The van der Waals surface area contributed by atoms with Gasteiger partial charge >= 0.3 is 6.09 Å². The molecule has 0 saturated carbocycles. The third-order valence-electron chi connectivity index (χ3n) is 6.17. The normalized spacial score (nSPS) is 18.5. The Hall–Kier alpha value is -3.72. The molecule has 188 valence electrons. The van der Waals surface area contributed by atoms with Crippen molar-refractivity contribution in [1.82, 2.24) is 24.5 Å². The average Bonchev–Trinajstić information content (AvgIpc) is 3.28. The standard InChI is InChI=1S/C27H31N5O4/c1-27(2,3)36-26(33)31-15-13-20(16-19(31)17-34-4)35-22-9-7-8-18-11-12-21(28-24(18)22)25-30-29-23-10-5-6-14-32(23)25/h5-12,14,19-20H,13,15-17H2,1-4H3. The number of aromatic nitrogens is 4. The lowest BCUT2D eigenvalue weighted by molar-refractivity contribution is -0.0189. The fourth-order valence-corrected chi connectivity index (χ4v) is 4.57. The molecule has 0 bridgehead atoms. The number of amides is 1. The maximum atomic E-state index is 12.8. The second kappa shape index (κ2) is 9.73. The van der Waals surface area contributed by atoms with Gasteiger partial charge in [-0.1, -0.05) is 24.3 Å². The molecule has 0 aliphatic carbocycles. The molecule has 1 aliphatic rings. The van der Waals surface area contributed by atoms with Crippen LogP contribution >= 0.6 is 0 Å². The van der Waals surface area contributed by atoms with E-state index in [4.69, 9.17) is 19.2 Å². The molecule has 1 fully saturated rings. The number of benzene rings is 1. The number of rotatable bonds is 5. The largest absolute Gasteiger partial charge is 0.488 e. The number of likely N-dealkylation sites (tertiary alicyclic amines) is 1. The van der Waals surface area contributed by atoms with Crippen molar-refractivity contribution >= 4 is 22.6 Å². The van der Waals surface area contributed by atoms with Crippen LogP contribution in [0.25, 0.3) is 28.1 Å². The van der Waals surface area contributed by atoms with Crippen molar-refractivity contribution in [3.8, 4) is 17.3 Å². The first-order valence-electron chi connectivity index (χ1n) is 12.2. The van der Waals surface area contributed by atoms with E-state index in [-0.39, 0.29) is 18.2 Å². The van der Waals surface area contributed by atoms with Crippen molar-refractivity contribution < 1.29 is 19.0 Å². The molecule has 0 spiro atoms. The number of carbonyl (C=O) groups is 1. The van der Waals surface area contributed by atoms with Gasteiger partial charge in [-0.3, -0.25) is 4.40 Å². The van der Waals surface area contributed by atoms with Crippen molar-refractivity contribution in [1.29, 1.82) is 0 Å². The van der Waals surface area contributed by atoms with Gasteiger partial charge in [-0.25, -0.2) is 9.78 Å². The highest BCUT2D eigenvalue weighted by atomic mass is 16.6. The van der Waals surface area contributed by atoms with Crippen LogP contribution in [-0.4, -0.2) is 68.6 Å². The average molecular weight is 490 g/mol. The van der Waals surface area contributed by atoms with Crippen LogP contribution < -0.4 is 4.74 Å². The Morgan fingerprint density at radius 1 is 1.08 bits per heavy atom. The molecule has 9 heteroatoms. The summed E-state index contributed by atoms with van der Waals surface area (Å²) in [7, 11) is 1.64. The topological polar surface area (TPSA) is 91.1 Å². The van der Waals surface area contributed by atoms with E-state index in [1.807, 2.05) is 79.9 Å². The first kappa shape index (κ1) is 24.0. The van der Waals surface area contributed by atoms with Crippen LogP contribution in [0.4, 0.5) is 4.79 Å². The summed E-state index contributed by atoms with van der Waals surface area (Å²) in [6.07, 6.45) is 2.84. The Balaban J connectivity index is 1.39. The van der Waals surface area contributed by atoms with Crippen molar-refractivity contribution in [2.75, 3.05) is 20.3 Å². The van der Waals surface area contributed by atoms with Crippen molar-refractivity contribution in [3.05, 3.63) is 54.7 Å². The quantitative estimate of drug-likeness (QED) is 0.400. The van der Waals surface area contributed by atoms with Crippen molar-refractivity contribution in [3.63, 3.8) is 0 Å². The summed E-state index contributed by atoms with van der Waals surface area (Å²) in [6.45, 7) is 6.56. The maximum absolute atomic E-state index is 12.8. The number of para-hydroxylation sites is 1. The van der Waals surface area contributed by atoms with Gasteiger partial charge in [0.2, 0.25) is 0 Å². The Morgan fingerprint density at radius 2 is 1.94 bits per heavy atom. The lowest BCUT2D eigenvalue weighted by Gasteiger charge is -2.39. The second-order valence-electron chi connectivity index (χ2n) is 10.0. The fraction of sp³-hybridized carbons (Fsp3) is 0.407. The van der Waals surface area contributed by atoms with E-state index in [2.05, 4.69) is 10.2 Å². The van der Waals surface area contributed by atoms with E-state index in [9.17, 15) is 4.79 Å². The summed E-state index contributed by atoms with van der Waals surface area (Å²) in [5.74, 6) is 1.38. The summed E-state index contributed by atoms with van der Waals surface area (Å²) >= 11 is 0. The van der Waals surface area contributed by atoms with Crippen LogP contribution in [0.2, 0.25) is 0 Å². The Morgan fingerprint density at radius 3 is 2.75 bits per heavy atom. The predicted octanol–water partition coefficient (Wildman–Crippen LogP) is 4.74. The minimum absolute atomic E-state index is 0.0891. The van der Waals surface area contributed by atoms with Crippen LogP contribution in [0.1, 0.15) is 33.6 Å². The van der Waals surface area contributed by atoms with Crippen molar-refractivity contribution in [2.45, 2.75) is 51.4 Å². The minimum Gasteiger partial charge on any atom is -0.488 e. The molecule has 36 heavy (non-hydrogen) atoms. The zero-order valence-electron chi connectivity index (χ0n) is 21.0. The minimum atomic E-state index is -0.552. The van der Waals surface area contributed by atoms with Gasteiger partial charge in [-0.05, 0) is 45.0 Å². The van der Waals surface area contributed by atoms with Gasteiger partial charge in [0.05, 0.1) is 12.6 Å². The summed E-state index contributed by atoms with van der Waals surface area (Å²) < 4.78 is 19.4. The molecule has 4 aromatic rings. The molecule has 0 radical (unpaired) electrons. The number of carbonyl (C=O) groups excluding carboxylic acids is 1. The van der Waals surface area contributed by atoms with Crippen molar-refractivity contribution in [2.24, 2.45) is 0 Å². The maximum Gasteiger partial charge on any atom is 0.410 e. The smallest absolute Gasteiger partial charge is 0.410 e. The summed E-state index contributed by atoms with van der Waals surface area (Å²) in [6, 6.07) is 15.5. The summed E-state index contributed by atoms with van der Waals surface area (Å²) in [4.78, 5) is 19.4. The van der Waals surface area contributed by atoms with Gasteiger partial charge in [-0.2, -0.15) is 0 Å². The van der Waals surface area contributed by atoms with Gasteiger partial charge in [0.15, 0.2) is 11.5 Å². The number of hydrogen-bond acceptors (Lipinski definition) is 7. The SMILES string of the molecule is COCC1CC(Oc2cccc3ccc(-c4nnc5ccccn45)nc23)CCN1C(=O)OC(C)(C)C. The number of fused-ring (bicyclic) bond motifs is 2. The molecule has 1 aliphatic heterocycles. The van der Waals surface area contributed by atoms with Crippen LogP contribution in [0, 0.1) is 0 Å². The summed E-state index contributed by atoms with van der Waals surface area (Å²) in [5.41, 5.74) is 1.69. The molecule has 1 saturated heterocycles. The fourth-order valence-electron chi connectivity index (χ4n) is 4.57. The number of ether oxygens (including phenoxy) is 3. The number of nitrogens with zero attached hydrogens (tertiary/aromatic N) is 5. The predicted molar refractivity (Wildman–Crippen MR) is 136 cm³/mol. The van der Waals surface area contributed by atoms with E-state index in [0.29, 0.717) is 43.3 Å². The van der Waals surface area contributed by atoms with Gasteiger partial charge < -0.3 is 19.1 Å². The lowest BCUT2D eigenvalue weighted by atomic mass is 10.00. The number of hydrogen-bond donors (Lipinski definition) is 0. The number of piperidine rings is 1. The molecule has 1 aromatic carbocycles. The Kier molecular flexibility index (Phi) is 6.49. The van der Waals surface area contributed by atoms with E-state index >= 15 is 0 Å². The molecule has 1 amide bonds. The van der Waals surface area contributed by atoms with E-state index in [0.717, 1.165) is 16.6 Å². The van der Waals surface area contributed by atoms with Gasteiger partial charge in [0.25, 0.3) is 0 Å². The lowest BCUT2D eigenvalue weighted by Crippen LogP contribution is -2.52. The Bertz CT molecular complexity index is 1380. The highest BCUT2D eigenvalue weighted by Crippen LogP contribution is 2.31. The highest BCUT2D eigenvalue weighted by Gasteiger charge is 2.35. The van der Waals surface area contributed by atoms with Gasteiger partial charge in [-0.15, -0.1) is 10.2 Å². The third-order valence-corrected chi connectivity index (χ3v) is 6.17. The molecule has 0 N–H and O–H groups in total. The Labute approximate surface area is 210 Å². The number of methoxy groups -OCH3 is 1. The van der Waals surface area contributed by atoms with Crippen LogP contribution in [0.3, 0.4) is 0 Å². The van der Waals surface area contributed by atoms with Gasteiger partial charge in [0, 0.05) is 38.1 Å². The molecule has 4 heterocycles. The monoisotopic (exact) mass is 489 g/mol. The second-order valence-corrected chi connectivity index (χ2v) is 10.0. The summed E-state index contributed by atoms with van der Waals surface area (Å²) in [5, 5.41) is 9.57.